The van der Waals surface area contributed by atoms with Gasteiger partial charge in [0, 0.05) is 18.3 Å². The van der Waals surface area contributed by atoms with Gasteiger partial charge in [-0.2, -0.15) is 13.2 Å². The average molecular weight is 420 g/mol. The fourth-order valence-corrected chi connectivity index (χ4v) is 3.52. The van der Waals surface area contributed by atoms with E-state index in [1.807, 2.05) is 38.2 Å². The highest BCUT2D eigenvalue weighted by Crippen LogP contribution is 2.31. The van der Waals surface area contributed by atoms with Gasteiger partial charge in [-0.05, 0) is 37.6 Å². The third-order valence-electron chi connectivity index (χ3n) is 4.33. The minimum Gasteiger partial charge on any atom is -0.325 e. The number of benzene rings is 2. The molecule has 3 rings (SSSR count). The maximum Gasteiger partial charge on any atom is 0.416 e. The number of carbonyl (C=O) groups is 1. The van der Waals surface area contributed by atoms with Gasteiger partial charge in [0.05, 0.1) is 10.8 Å². The fourth-order valence-electron chi connectivity index (χ4n) is 2.70. The largest absolute Gasteiger partial charge is 0.416 e. The number of carbonyl (C=O) groups excluding carboxylic acids is 1. The van der Waals surface area contributed by atoms with E-state index in [1.165, 1.54) is 23.9 Å². The number of amides is 1. The molecule has 1 amide bonds. The molecule has 1 N–H and O–H groups in total. The number of aryl methyl sites for hydroxylation is 1. The van der Waals surface area contributed by atoms with E-state index in [2.05, 4.69) is 15.5 Å². The minimum absolute atomic E-state index is 0.0934. The second kappa shape index (κ2) is 8.28. The van der Waals surface area contributed by atoms with Crippen LogP contribution >= 0.6 is 11.8 Å². The van der Waals surface area contributed by atoms with E-state index < -0.39 is 22.9 Å². The van der Waals surface area contributed by atoms with Gasteiger partial charge in [-0.1, -0.05) is 42.1 Å². The first-order chi connectivity index (χ1) is 13.7. The van der Waals surface area contributed by atoms with Crippen molar-refractivity contribution in [1.82, 2.24) is 14.8 Å². The van der Waals surface area contributed by atoms with Gasteiger partial charge in [0.15, 0.2) is 11.0 Å². The molecule has 3 aromatic rings. The molecule has 0 bridgehead atoms. The lowest BCUT2D eigenvalue weighted by Crippen LogP contribution is -2.23. The van der Waals surface area contributed by atoms with Crippen molar-refractivity contribution < 1.29 is 18.0 Å². The molecule has 0 fully saturated rings. The van der Waals surface area contributed by atoms with Crippen molar-refractivity contribution in [2.45, 2.75) is 30.4 Å². The summed E-state index contributed by atoms with van der Waals surface area (Å²) in [6.07, 6.45) is -4.47. The molecule has 1 atom stereocenters. The van der Waals surface area contributed by atoms with Crippen LogP contribution in [0.4, 0.5) is 18.9 Å². The Bertz CT molecular complexity index is 1030. The van der Waals surface area contributed by atoms with Crippen molar-refractivity contribution >= 4 is 23.4 Å². The monoisotopic (exact) mass is 420 g/mol. The molecule has 0 saturated carbocycles. The van der Waals surface area contributed by atoms with Crippen molar-refractivity contribution in [3.63, 3.8) is 0 Å². The Labute approximate surface area is 170 Å². The third-order valence-corrected chi connectivity index (χ3v) is 5.46. The van der Waals surface area contributed by atoms with E-state index in [9.17, 15) is 18.0 Å². The lowest BCUT2D eigenvalue weighted by molar-refractivity contribution is -0.137. The molecule has 0 spiro atoms. The summed E-state index contributed by atoms with van der Waals surface area (Å²) >= 11 is 1.18. The Morgan fingerprint density at radius 2 is 1.86 bits per heavy atom. The van der Waals surface area contributed by atoms with Crippen LogP contribution in [0.3, 0.4) is 0 Å². The smallest absolute Gasteiger partial charge is 0.325 e. The fraction of sp³-hybridized carbons (Fsp3) is 0.250. The molecule has 0 aliphatic carbocycles. The molecule has 1 aromatic heterocycles. The first kappa shape index (κ1) is 20.9. The number of hydrogen-bond acceptors (Lipinski definition) is 4. The van der Waals surface area contributed by atoms with Gasteiger partial charge in [-0.15, -0.1) is 10.2 Å². The van der Waals surface area contributed by atoms with Gasteiger partial charge in [0.1, 0.15) is 0 Å². The van der Waals surface area contributed by atoms with Crippen molar-refractivity contribution in [1.29, 1.82) is 0 Å². The highest BCUT2D eigenvalue weighted by Gasteiger charge is 2.30. The summed E-state index contributed by atoms with van der Waals surface area (Å²) in [4.78, 5) is 12.4. The zero-order valence-electron chi connectivity index (χ0n) is 16.0. The van der Waals surface area contributed by atoms with Crippen molar-refractivity contribution in [3.8, 4) is 11.4 Å². The summed E-state index contributed by atoms with van der Waals surface area (Å²) < 4.78 is 40.3. The molecule has 0 radical (unpaired) electrons. The molecule has 9 heteroatoms. The summed E-state index contributed by atoms with van der Waals surface area (Å²) in [6.45, 7) is 3.64. The third kappa shape index (κ3) is 4.79. The predicted molar refractivity (Wildman–Crippen MR) is 107 cm³/mol. The number of halogens is 3. The Morgan fingerprint density at radius 3 is 2.55 bits per heavy atom. The maximum atomic E-state index is 12.8. The number of alkyl halides is 3. The molecule has 29 heavy (non-hydrogen) atoms. The Hall–Kier alpha value is -2.81. The molecular formula is C20H19F3N4OS. The highest BCUT2D eigenvalue weighted by molar-refractivity contribution is 8.00. The summed E-state index contributed by atoms with van der Waals surface area (Å²) in [5.74, 6) is 0.255. The summed E-state index contributed by atoms with van der Waals surface area (Å²) in [5, 5.41) is 10.8. The van der Waals surface area contributed by atoms with Gasteiger partial charge >= 0.3 is 6.18 Å². The van der Waals surface area contributed by atoms with Gasteiger partial charge in [0.2, 0.25) is 5.91 Å². The van der Waals surface area contributed by atoms with Crippen LogP contribution in [0, 0.1) is 6.92 Å². The molecule has 0 unspecified atom stereocenters. The van der Waals surface area contributed by atoms with Gasteiger partial charge in [0.25, 0.3) is 0 Å². The minimum atomic E-state index is -4.47. The first-order valence-corrected chi connectivity index (χ1v) is 9.65. The zero-order chi connectivity index (χ0) is 21.2. The lowest BCUT2D eigenvalue weighted by atomic mass is 10.1. The molecule has 2 aromatic carbocycles. The topological polar surface area (TPSA) is 59.8 Å². The van der Waals surface area contributed by atoms with E-state index in [0.29, 0.717) is 11.0 Å². The maximum absolute atomic E-state index is 12.8. The number of hydrogen-bond donors (Lipinski definition) is 1. The van der Waals surface area contributed by atoms with Crippen LogP contribution in [0.5, 0.6) is 0 Å². The summed E-state index contributed by atoms with van der Waals surface area (Å²) in [6, 6.07) is 12.3. The quantitative estimate of drug-likeness (QED) is 0.595. The van der Waals surface area contributed by atoms with Crippen LogP contribution in [-0.2, 0) is 18.0 Å². The van der Waals surface area contributed by atoms with E-state index >= 15 is 0 Å². The van der Waals surface area contributed by atoms with Crippen molar-refractivity contribution in [2.24, 2.45) is 7.05 Å². The van der Waals surface area contributed by atoms with E-state index in [0.717, 1.165) is 23.3 Å². The highest BCUT2D eigenvalue weighted by atomic mass is 32.2. The van der Waals surface area contributed by atoms with Crippen molar-refractivity contribution in [2.75, 3.05) is 5.32 Å². The summed E-state index contributed by atoms with van der Waals surface area (Å²) in [5.41, 5.74) is 1.27. The van der Waals surface area contributed by atoms with Crippen LogP contribution in [0.2, 0.25) is 0 Å². The molecule has 5 nitrogen and oxygen atoms in total. The number of aromatic nitrogens is 3. The van der Waals surface area contributed by atoms with Gasteiger partial charge in [-0.3, -0.25) is 4.79 Å². The van der Waals surface area contributed by atoms with Crippen molar-refractivity contribution in [3.05, 3.63) is 59.7 Å². The van der Waals surface area contributed by atoms with Crippen LogP contribution < -0.4 is 5.32 Å². The number of nitrogens with one attached hydrogen (secondary N) is 1. The molecular weight excluding hydrogens is 401 g/mol. The summed E-state index contributed by atoms with van der Waals surface area (Å²) in [7, 11) is 1.81. The second-order valence-electron chi connectivity index (χ2n) is 6.51. The zero-order valence-corrected chi connectivity index (χ0v) is 16.8. The molecule has 152 valence electrons. The predicted octanol–water partition coefficient (Wildman–Crippen LogP) is 4.93. The Kier molecular flexibility index (Phi) is 5.97. The first-order valence-electron chi connectivity index (χ1n) is 8.77. The normalized spacial score (nSPS) is 12.6. The lowest BCUT2D eigenvalue weighted by Gasteiger charge is -2.13. The number of thioether (sulfide) groups is 1. The van der Waals surface area contributed by atoms with E-state index in [4.69, 9.17) is 0 Å². The SMILES string of the molecule is Cc1ccccc1-c1nnc(S[C@@H](C)C(=O)Nc2cccc(C(F)(F)F)c2)n1C. The number of anilines is 1. The molecule has 1 heterocycles. The van der Waals surface area contributed by atoms with Gasteiger partial charge in [-0.25, -0.2) is 0 Å². The molecule has 0 aliphatic rings. The Morgan fingerprint density at radius 1 is 1.14 bits per heavy atom. The number of nitrogens with zero attached hydrogens (tertiary/aromatic N) is 3. The molecule has 0 aliphatic heterocycles. The van der Waals surface area contributed by atoms with Crippen LogP contribution in [0.1, 0.15) is 18.1 Å². The number of rotatable bonds is 5. The van der Waals surface area contributed by atoms with Crippen LogP contribution in [0.15, 0.2) is 53.7 Å². The van der Waals surface area contributed by atoms with E-state index in [1.54, 1.807) is 11.5 Å². The van der Waals surface area contributed by atoms with E-state index in [-0.39, 0.29) is 5.69 Å². The van der Waals surface area contributed by atoms with Crippen LogP contribution in [0.25, 0.3) is 11.4 Å². The second-order valence-corrected chi connectivity index (χ2v) is 7.82. The standard InChI is InChI=1S/C20H19F3N4OS/c1-12-7-4-5-10-16(12)17-25-26-19(27(17)3)29-13(2)18(28)24-15-9-6-8-14(11-15)20(21,22)23/h4-11,13H,1-3H3,(H,24,28)/t13-/m0/s1. The average Bonchev–Trinajstić information content (AvgIpc) is 3.02. The van der Waals surface area contributed by atoms with Gasteiger partial charge < -0.3 is 9.88 Å². The molecule has 0 saturated heterocycles. The van der Waals surface area contributed by atoms with Crippen LogP contribution in [-0.4, -0.2) is 25.9 Å². The Balaban J connectivity index is 1.72.